The van der Waals surface area contributed by atoms with Crippen molar-refractivity contribution in [1.29, 1.82) is 0 Å². The summed E-state index contributed by atoms with van der Waals surface area (Å²) in [5.74, 6) is 1.23. The molecule has 0 spiro atoms. The molecule has 0 radical (unpaired) electrons. The van der Waals surface area contributed by atoms with Gasteiger partial charge in [0.05, 0.1) is 0 Å². The van der Waals surface area contributed by atoms with Gasteiger partial charge in [0, 0.05) is 51.1 Å². The van der Waals surface area contributed by atoms with E-state index >= 15 is 0 Å². The topological polar surface area (TPSA) is 18.5 Å². The summed E-state index contributed by atoms with van der Waals surface area (Å²) in [5.41, 5.74) is 0.614. The molecule has 0 amide bonds. The number of piperazine rings is 1. The van der Waals surface area contributed by atoms with Crippen LogP contribution in [0.1, 0.15) is 19.8 Å². The molecule has 1 heterocycles. The van der Waals surface area contributed by atoms with Gasteiger partial charge in [-0.1, -0.05) is 0 Å². The van der Waals surface area contributed by atoms with E-state index in [0.29, 0.717) is 11.5 Å². The van der Waals surface area contributed by atoms with Gasteiger partial charge in [0.1, 0.15) is 0 Å². The molecule has 0 aromatic rings. The molecule has 0 bridgehead atoms. The van der Waals surface area contributed by atoms with Crippen LogP contribution in [0.3, 0.4) is 0 Å². The summed E-state index contributed by atoms with van der Waals surface area (Å²) in [6.45, 7) is 9.86. The molecular weight excluding hydrogens is 242 g/mol. The Morgan fingerprint density at radius 1 is 1.22 bits per heavy atom. The van der Waals surface area contributed by atoms with E-state index in [1.807, 2.05) is 11.8 Å². The quantitative estimate of drug-likeness (QED) is 0.753. The molecule has 0 aromatic carbocycles. The fourth-order valence-corrected chi connectivity index (χ4v) is 3.37. The van der Waals surface area contributed by atoms with Crippen LogP contribution < -0.4 is 5.32 Å². The van der Waals surface area contributed by atoms with Crippen molar-refractivity contribution in [3.05, 3.63) is 0 Å². The number of likely N-dealkylation sites (N-methyl/N-ethyl adjacent to an activating group) is 1. The molecule has 2 rings (SSSR count). The van der Waals surface area contributed by atoms with Gasteiger partial charge in [-0.05, 0) is 38.5 Å². The predicted molar refractivity (Wildman–Crippen MR) is 81.5 cm³/mol. The second-order valence-electron chi connectivity index (χ2n) is 6.32. The van der Waals surface area contributed by atoms with Crippen molar-refractivity contribution in [2.45, 2.75) is 25.8 Å². The number of thioether (sulfide) groups is 1. The molecule has 1 N–H and O–H groups in total. The van der Waals surface area contributed by atoms with Gasteiger partial charge >= 0.3 is 0 Å². The maximum Gasteiger partial charge on any atom is 0.0130 e. The lowest BCUT2D eigenvalue weighted by molar-refractivity contribution is 0.129. The second kappa shape index (κ2) is 6.60. The van der Waals surface area contributed by atoms with E-state index in [1.54, 1.807) is 0 Å². The number of nitrogens with one attached hydrogen (secondary N) is 1. The van der Waals surface area contributed by atoms with Crippen LogP contribution in [0, 0.1) is 5.41 Å². The SMILES string of the molecule is CSCC(C)NCC1(CN2CCN(C)CC2)CC1. The molecular formula is C14H29N3S. The van der Waals surface area contributed by atoms with Crippen LogP contribution in [0.15, 0.2) is 0 Å². The van der Waals surface area contributed by atoms with Gasteiger partial charge in [0.25, 0.3) is 0 Å². The van der Waals surface area contributed by atoms with E-state index < -0.39 is 0 Å². The predicted octanol–water partition coefficient (Wildman–Crippen LogP) is 1.36. The lowest BCUT2D eigenvalue weighted by Gasteiger charge is -2.35. The van der Waals surface area contributed by atoms with Crippen molar-refractivity contribution >= 4 is 11.8 Å². The van der Waals surface area contributed by atoms with Crippen LogP contribution >= 0.6 is 11.8 Å². The van der Waals surface area contributed by atoms with E-state index in [4.69, 9.17) is 0 Å². The summed E-state index contributed by atoms with van der Waals surface area (Å²) in [4.78, 5) is 5.11. The van der Waals surface area contributed by atoms with E-state index in [2.05, 4.69) is 35.3 Å². The van der Waals surface area contributed by atoms with Crippen molar-refractivity contribution in [1.82, 2.24) is 15.1 Å². The van der Waals surface area contributed by atoms with Crippen molar-refractivity contribution in [3.63, 3.8) is 0 Å². The Labute approximate surface area is 117 Å². The van der Waals surface area contributed by atoms with Gasteiger partial charge in [-0.2, -0.15) is 11.8 Å². The number of hydrogen-bond acceptors (Lipinski definition) is 4. The van der Waals surface area contributed by atoms with Crippen LogP contribution in [-0.2, 0) is 0 Å². The average molecular weight is 271 g/mol. The van der Waals surface area contributed by atoms with Gasteiger partial charge in [0.2, 0.25) is 0 Å². The molecule has 106 valence electrons. The van der Waals surface area contributed by atoms with Crippen LogP contribution in [0.4, 0.5) is 0 Å². The van der Waals surface area contributed by atoms with E-state index in [0.717, 1.165) is 0 Å². The van der Waals surface area contributed by atoms with Crippen LogP contribution in [0.25, 0.3) is 0 Å². The fraction of sp³-hybridized carbons (Fsp3) is 1.00. The molecule has 1 saturated heterocycles. The molecule has 1 unspecified atom stereocenters. The standard InChI is InChI=1S/C14H29N3S/c1-13(10-18-3)15-11-14(4-5-14)12-17-8-6-16(2)7-9-17/h13,15H,4-12H2,1-3H3. The first-order valence-electron chi connectivity index (χ1n) is 7.27. The van der Waals surface area contributed by atoms with Gasteiger partial charge in [-0.15, -0.1) is 0 Å². The highest BCUT2D eigenvalue weighted by atomic mass is 32.2. The Balaban J connectivity index is 1.68. The van der Waals surface area contributed by atoms with E-state index in [9.17, 15) is 0 Å². The largest absolute Gasteiger partial charge is 0.313 e. The molecule has 18 heavy (non-hydrogen) atoms. The Bertz CT molecular complexity index is 247. The summed E-state index contributed by atoms with van der Waals surface area (Å²) in [5, 5.41) is 3.73. The zero-order valence-electron chi connectivity index (χ0n) is 12.2. The van der Waals surface area contributed by atoms with Gasteiger partial charge in [-0.3, -0.25) is 0 Å². The smallest absolute Gasteiger partial charge is 0.0130 e. The van der Waals surface area contributed by atoms with Crippen molar-refractivity contribution < 1.29 is 0 Å². The van der Waals surface area contributed by atoms with Gasteiger partial charge < -0.3 is 15.1 Å². The summed E-state index contributed by atoms with van der Waals surface area (Å²) >= 11 is 1.94. The highest BCUT2D eigenvalue weighted by Crippen LogP contribution is 2.45. The third kappa shape index (κ3) is 4.41. The Morgan fingerprint density at radius 2 is 1.89 bits per heavy atom. The van der Waals surface area contributed by atoms with Gasteiger partial charge in [-0.25, -0.2) is 0 Å². The normalized spacial score (nSPS) is 26.2. The first-order chi connectivity index (χ1) is 8.63. The Morgan fingerprint density at radius 3 is 2.44 bits per heavy atom. The Hall–Kier alpha value is 0.230. The van der Waals surface area contributed by atoms with E-state index in [1.165, 1.54) is 57.9 Å². The monoisotopic (exact) mass is 271 g/mol. The molecule has 1 atom stereocenters. The molecule has 1 aliphatic heterocycles. The summed E-state index contributed by atoms with van der Waals surface area (Å²) < 4.78 is 0. The summed E-state index contributed by atoms with van der Waals surface area (Å²) in [7, 11) is 2.23. The number of hydrogen-bond donors (Lipinski definition) is 1. The lowest BCUT2D eigenvalue weighted by Crippen LogP contribution is -2.48. The molecule has 0 aromatic heterocycles. The molecule has 1 saturated carbocycles. The lowest BCUT2D eigenvalue weighted by atomic mass is 10.1. The molecule has 2 aliphatic rings. The Kier molecular flexibility index (Phi) is 5.36. The first-order valence-corrected chi connectivity index (χ1v) is 8.66. The maximum absolute atomic E-state index is 3.73. The average Bonchev–Trinajstić information content (AvgIpc) is 3.11. The zero-order chi connectivity index (χ0) is 13.0. The molecule has 3 nitrogen and oxygen atoms in total. The minimum atomic E-state index is 0.614. The maximum atomic E-state index is 3.73. The molecule has 1 aliphatic carbocycles. The first kappa shape index (κ1) is 14.6. The minimum absolute atomic E-state index is 0.614. The highest BCUT2D eigenvalue weighted by molar-refractivity contribution is 7.98. The van der Waals surface area contributed by atoms with Crippen LogP contribution in [-0.4, -0.2) is 74.2 Å². The third-order valence-corrected chi connectivity index (χ3v) is 5.19. The highest BCUT2D eigenvalue weighted by Gasteiger charge is 2.43. The second-order valence-corrected chi connectivity index (χ2v) is 7.23. The zero-order valence-corrected chi connectivity index (χ0v) is 13.1. The van der Waals surface area contributed by atoms with Gasteiger partial charge in [0.15, 0.2) is 0 Å². The van der Waals surface area contributed by atoms with Crippen LogP contribution in [0.5, 0.6) is 0 Å². The fourth-order valence-electron chi connectivity index (χ4n) is 2.75. The minimum Gasteiger partial charge on any atom is -0.313 e. The van der Waals surface area contributed by atoms with Crippen LogP contribution in [0.2, 0.25) is 0 Å². The summed E-state index contributed by atoms with van der Waals surface area (Å²) in [6.07, 6.45) is 5.05. The van der Waals surface area contributed by atoms with E-state index in [-0.39, 0.29) is 0 Å². The number of rotatable bonds is 7. The van der Waals surface area contributed by atoms with Crippen molar-refractivity contribution in [2.24, 2.45) is 5.41 Å². The van der Waals surface area contributed by atoms with Crippen molar-refractivity contribution in [2.75, 3.05) is 58.3 Å². The van der Waals surface area contributed by atoms with Crippen molar-refractivity contribution in [3.8, 4) is 0 Å². The summed E-state index contributed by atoms with van der Waals surface area (Å²) in [6, 6.07) is 0.657. The number of nitrogens with zero attached hydrogens (tertiary/aromatic N) is 2. The molecule has 4 heteroatoms. The molecule has 2 fully saturated rings. The third-order valence-electron chi connectivity index (χ3n) is 4.35.